The van der Waals surface area contributed by atoms with Gasteiger partial charge in [0.05, 0.1) is 18.2 Å². The van der Waals surface area contributed by atoms with Crippen LogP contribution in [0.15, 0.2) is 18.2 Å². The van der Waals surface area contributed by atoms with Crippen LogP contribution in [0.5, 0.6) is 5.75 Å². The summed E-state index contributed by atoms with van der Waals surface area (Å²) in [5.74, 6) is 1.61. The van der Waals surface area contributed by atoms with E-state index in [0.717, 1.165) is 12.8 Å². The van der Waals surface area contributed by atoms with Gasteiger partial charge in [0.15, 0.2) is 0 Å². The summed E-state index contributed by atoms with van der Waals surface area (Å²) in [7, 11) is 1.63. The maximum Gasteiger partial charge on any atom is 0.137 e. The van der Waals surface area contributed by atoms with E-state index in [0.29, 0.717) is 16.7 Å². The van der Waals surface area contributed by atoms with Crippen LogP contribution >= 0.6 is 11.6 Å². The molecule has 0 radical (unpaired) electrons. The fraction of sp³-hybridized carbons (Fsp3) is 0.647. The monoisotopic (exact) mass is 296 g/mol. The SMILES string of the molecule is COc1cc(C(C)(C)C2CCC(C)CC2O)ccc1Cl. The van der Waals surface area contributed by atoms with Crippen molar-refractivity contribution in [1.82, 2.24) is 0 Å². The molecule has 0 aromatic heterocycles. The largest absolute Gasteiger partial charge is 0.495 e. The van der Waals surface area contributed by atoms with Crippen molar-refractivity contribution in [2.24, 2.45) is 11.8 Å². The molecule has 1 aromatic rings. The predicted molar refractivity (Wildman–Crippen MR) is 83.5 cm³/mol. The summed E-state index contributed by atoms with van der Waals surface area (Å²) in [6.45, 7) is 6.64. The average molecular weight is 297 g/mol. The number of ether oxygens (including phenoxy) is 1. The summed E-state index contributed by atoms with van der Waals surface area (Å²) in [6.07, 6.45) is 2.94. The lowest BCUT2D eigenvalue weighted by atomic mass is 9.64. The van der Waals surface area contributed by atoms with Gasteiger partial charge in [-0.25, -0.2) is 0 Å². The van der Waals surface area contributed by atoms with Crippen LogP contribution in [0, 0.1) is 11.8 Å². The van der Waals surface area contributed by atoms with E-state index in [2.05, 4.69) is 26.8 Å². The standard InChI is InChI=1S/C17H25ClO2/c1-11-5-7-13(15(19)9-11)17(2,3)12-6-8-14(18)16(10-12)20-4/h6,8,10-11,13,15,19H,5,7,9H2,1-4H3. The van der Waals surface area contributed by atoms with Crippen LogP contribution in [-0.4, -0.2) is 18.3 Å². The van der Waals surface area contributed by atoms with Crippen LogP contribution < -0.4 is 4.74 Å². The number of hydrogen-bond donors (Lipinski definition) is 1. The lowest BCUT2D eigenvalue weighted by molar-refractivity contribution is 0.0143. The second-order valence-corrected chi connectivity index (χ2v) is 7.07. The highest BCUT2D eigenvalue weighted by Gasteiger charge is 2.39. The molecule has 3 unspecified atom stereocenters. The van der Waals surface area contributed by atoms with Crippen LogP contribution in [-0.2, 0) is 5.41 Å². The molecule has 3 atom stereocenters. The molecule has 2 nitrogen and oxygen atoms in total. The maximum atomic E-state index is 10.5. The molecule has 1 aromatic carbocycles. The number of rotatable bonds is 3. The minimum absolute atomic E-state index is 0.0859. The minimum Gasteiger partial charge on any atom is -0.495 e. The Labute approximate surface area is 127 Å². The second kappa shape index (κ2) is 5.95. The Morgan fingerprint density at radius 1 is 1.30 bits per heavy atom. The molecule has 0 saturated heterocycles. The van der Waals surface area contributed by atoms with Crippen molar-refractivity contribution in [2.75, 3.05) is 7.11 Å². The van der Waals surface area contributed by atoms with Crippen molar-refractivity contribution >= 4 is 11.6 Å². The molecule has 1 saturated carbocycles. The zero-order valence-corrected chi connectivity index (χ0v) is 13.6. The van der Waals surface area contributed by atoms with Gasteiger partial charge in [-0.05, 0) is 47.8 Å². The topological polar surface area (TPSA) is 29.5 Å². The van der Waals surface area contributed by atoms with Gasteiger partial charge in [0.2, 0.25) is 0 Å². The van der Waals surface area contributed by atoms with Crippen molar-refractivity contribution in [3.63, 3.8) is 0 Å². The fourth-order valence-electron chi connectivity index (χ4n) is 3.47. The van der Waals surface area contributed by atoms with Gasteiger partial charge in [0, 0.05) is 0 Å². The van der Waals surface area contributed by atoms with Gasteiger partial charge < -0.3 is 9.84 Å². The first-order valence-electron chi connectivity index (χ1n) is 7.38. The summed E-state index contributed by atoms with van der Waals surface area (Å²) in [5, 5.41) is 11.1. The summed E-state index contributed by atoms with van der Waals surface area (Å²) in [6, 6.07) is 5.94. The summed E-state index contributed by atoms with van der Waals surface area (Å²) in [4.78, 5) is 0. The van der Waals surface area contributed by atoms with E-state index < -0.39 is 0 Å². The lowest BCUT2D eigenvalue weighted by Crippen LogP contribution is -2.41. The van der Waals surface area contributed by atoms with Gasteiger partial charge in [-0.15, -0.1) is 0 Å². The summed E-state index contributed by atoms with van der Waals surface area (Å²) >= 11 is 6.11. The molecule has 0 amide bonds. The molecule has 3 heteroatoms. The smallest absolute Gasteiger partial charge is 0.137 e. The number of methoxy groups -OCH3 is 1. The first-order valence-corrected chi connectivity index (χ1v) is 7.76. The Bertz CT molecular complexity index is 470. The highest BCUT2D eigenvalue weighted by Crippen LogP contribution is 2.43. The predicted octanol–water partition coefficient (Wildman–Crippen LogP) is 4.42. The lowest BCUT2D eigenvalue weighted by Gasteiger charge is -2.42. The molecule has 1 N–H and O–H groups in total. The van der Waals surface area contributed by atoms with Crippen molar-refractivity contribution in [3.8, 4) is 5.75 Å². The van der Waals surface area contributed by atoms with Gasteiger partial charge in [0.1, 0.15) is 5.75 Å². The highest BCUT2D eigenvalue weighted by molar-refractivity contribution is 6.32. The Hall–Kier alpha value is -0.730. The van der Waals surface area contributed by atoms with Crippen LogP contribution in [0.1, 0.15) is 45.6 Å². The fourth-order valence-corrected chi connectivity index (χ4v) is 3.66. The van der Waals surface area contributed by atoms with E-state index in [1.807, 2.05) is 12.1 Å². The number of aliphatic hydroxyl groups excluding tert-OH is 1. The van der Waals surface area contributed by atoms with E-state index >= 15 is 0 Å². The number of benzene rings is 1. The molecule has 0 bridgehead atoms. The summed E-state index contributed by atoms with van der Waals surface area (Å²) in [5.41, 5.74) is 1.09. The summed E-state index contributed by atoms with van der Waals surface area (Å²) < 4.78 is 5.32. The maximum absolute atomic E-state index is 10.5. The van der Waals surface area contributed by atoms with Crippen LogP contribution in [0.2, 0.25) is 5.02 Å². The van der Waals surface area contributed by atoms with Gasteiger partial charge in [0.25, 0.3) is 0 Å². The molecule has 1 fully saturated rings. The Morgan fingerprint density at radius 2 is 2.00 bits per heavy atom. The van der Waals surface area contributed by atoms with E-state index in [4.69, 9.17) is 16.3 Å². The second-order valence-electron chi connectivity index (χ2n) is 6.66. The molecule has 0 aliphatic heterocycles. The van der Waals surface area contributed by atoms with Crippen molar-refractivity contribution in [1.29, 1.82) is 0 Å². The van der Waals surface area contributed by atoms with Crippen LogP contribution in [0.25, 0.3) is 0 Å². The molecule has 1 aliphatic carbocycles. The van der Waals surface area contributed by atoms with Gasteiger partial charge >= 0.3 is 0 Å². The normalized spacial score (nSPS) is 27.4. The Morgan fingerprint density at radius 3 is 2.60 bits per heavy atom. The van der Waals surface area contributed by atoms with Gasteiger partial charge in [-0.3, -0.25) is 0 Å². The van der Waals surface area contributed by atoms with E-state index in [-0.39, 0.29) is 17.4 Å². The van der Waals surface area contributed by atoms with E-state index in [1.54, 1.807) is 7.11 Å². The van der Waals surface area contributed by atoms with Crippen LogP contribution in [0.3, 0.4) is 0 Å². The van der Waals surface area contributed by atoms with Gasteiger partial charge in [-0.1, -0.05) is 44.9 Å². The number of halogens is 1. The third kappa shape index (κ3) is 2.96. The first kappa shape index (κ1) is 15.7. The minimum atomic E-state index is -0.226. The van der Waals surface area contributed by atoms with E-state index in [9.17, 15) is 5.11 Å². The zero-order chi connectivity index (χ0) is 14.9. The first-order chi connectivity index (χ1) is 9.36. The highest BCUT2D eigenvalue weighted by atomic mass is 35.5. The third-order valence-electron chi connectivity index (χ3n) is 4.90. The molecule has 112 valence electrons. The van der Waals surface area contributed by atoms with E-state index in [1.165, 1.54) is 12.0 Å². The van der Waals surface area contributed by atoms with Crippen LogP contribution in [0.4, 0.5) is 0 Å². The molecule has 0 heterocycles. The Balaban J connectivity index is 2.29. The molecule has 2 rings (SSSR count). The average Bonchev–Trinajstić information content (AvgIpc) is 2.38. The Kier molecular flexibility index (Phi) is 4.66. The molecular weight excluding hydrogens is 272 g/mol. The number of aliphatic hydroxyl groups is 1. The molecular formula is C17H25ClO2. The molecule has 0 spiro atoms. The van der Waals surface area contributed by atoms with Crippen molar-refractivity contribution in [3.05, 3.63) is 28.8 Å². The van der Waals surface area contributed by atoms with Crippen molar-refractivity contribution < 1.29 is 9.84 Å². The molecule has 1 aliphatic rings. The zero-order valence-electron chi connectivity index (χ0n) is 12.8. The molecule has 20 heavy (non-hydrogen) atoms. The number of hydrogen-bond acceptors (Lipinski definition) is 2. The third-order valence-corrected chi connectivity index (χ3v) is 5.21. The van der Waals surface area contributed by atoms with Crippen molar-refractivity contribution in [2.45, 2.75) is 51.6 Å². The quantitative estimate of drug-likeness (QED) is 0.894. The van der Waals surface area contributed by atoms with Gasteiger partial charge in [-0.2, -0.15) is 0 Å².